The molecule has 1 unspecified atom stereocenters. The van der Waals surface area contributed by atoms with Gasteiger partial charge < -0.3 is 9.90 Å². The largest absolute Gasteiger partial charge is 0.385 e. The lowest BCUT2D eigenvalue weighted by Gasteiger charge is -2.43. The van der Waals surface area contributed by atoms with Crippen molar-refractivity contribution in [2.75, 3.05) is 0 Å². The van der Waals surface area contributed by atoms with E-state index in [4.69, 9.17) is 0 Å². The summed E-state index contributed by atoms with van der Waals surface area (Å²) in [5.74, 6) is 0. The van der Waals surface area contributed by atoms with Crippen LogP contribution < -0.4 is 0 Å². The summed E-state index contributed by atoms with van der Waals surface area (Å²) in [5, 5.41) is 10.7. The number of hydrogen-bond donors (Lipinski definition) is 1. The Hall–Kier alpha value is -0.413. The molecule has 0 spiro atoms. The van der Waals surface area contributed by atoms with Gasteiger partial charge in [-0.25, -0.2) is 0 Å². The molecule has 0 fully saturated rings. The van der Waals surface area contributed by atoms with Crippen LogP contribution >= 0.6 is 0 Å². The Labute approximate surface area is 126 Å². The Bertz CT molecular complexity index is 332. The molecule has 0 rings (SSSR count). The van der Waals surface area contributed by atoms with Crippen molar-refractivity contribution in [1.29, 1.82) is 0 Å². The summed E-state index contributed by atoms with van der Waals surface area (Å²) >= 11 is 0. The fourth-order valence-corrected chi connectivity index (χ4v) is 10.3. The molecule has 0 amide bonds. The SMILES string of the molecule is C=C(C(=O)[Si](C(C)C)(C(C)C)C(C)C)C(C)(O)CCC. The number of rotatable bonds is 8. The van der Waals surface area contributed by atoms with Crippen molar-refractivity contribution in [3.63, 3.8) is 0 Å². The zero-order valence-corrected chi connectivity index (χ0v) is 15.7. The van der Waals surface area contributed by atoms with Gasteiger partial charge in [0, 0.05) is 5.57 Å². The third kappa shape index (κ3) is 3.42. The fraction of sp³-hybridized carbons (Fsp3) is 0.824. The van der Waals surface area contributed by atoms with Crippen LogP contribution in [0.15, 0.2) is 12.2 Å². The highest BCUT2D eigenvalue weighted by atomic mass is 28.3. The van der Waals surface area contributed by atoms with Gasteiger partial charge in [0.25, 0.3) is 0 Å². The molecule has 20 heavy (non-hydrogen) atoms. The molecule has 2 nitrogen and oxygen atoms in total. The van der Waals surface area contributed by atoms with Gasteiger partial charge in [0.15, 0.2) is 0 Å². The van der Waals surface area contributed by atoms with Crippen LogP contribution in [0.4, 0.5) is 0 Å². The third-order valence-electron chi connectivity index (χ3n) is 4.92. The van der Waals surface area contributed by atoms with Crippen molar-refractivity contribution in [2.24, 2.45) is 0 Å². The molecule has 0 aliphatic rings. The second kappa shape index (κ2) is 7.03. The first-order valence-corrected chi connectivity index (χ1v) is 10.2. The van der Waals surface area contributed by atoms with Crippen molar-refractivity contribution in [1.82, 2.24) is 0 Å². The first-order valence-electron chi connectivity index (χ1n) is 7.92. The van der Waals surface area contributed by atoms with Gasteiger partial charge in [-0.05, 0) is 30.0 Å². The highest BCUT2D eigenvalue weighted by Crippen LogP contribution is 2.44. The molecule has 0 saturated carbocycles. The van der Waals surface area contributed by atoms with E-state index in [2.05, 4.69) is 48.1 Å². The summed E-state index contributed by atoms with van der Waals surface area (Å²) in [6.45, 7) is 20.7. The second-order valence-electron chi connectivity index (χ2n) is 7.23. The van der Waals surface area contributed by atoms with Gasteiger partial charge in [0.1, 0.15) is 13.5 Å². The molecule has 0 aromatic carbocycles. The molecule has 0 bridgehead atoms. The molecule has 3 heteroatoms. The maximum Gasteiger partial charge on any atom is 0.146 e. The monoisotopic (exact) mass is 298 g/mol. The Morgan fingerprint density at radius 1 is 1.10 bits per heavy atom. The van der Waals surface area contributed by atoms with Crippen molar-refractivity contribution in [2.45, 2.75) is 90.5 Å². The van der Waals surface area contributed by atoms with Crippen LogP contribution in [0.1, 0.15) is 68.2 Å². The first kappa shape index (κ1) is 19.6. The average Bonchev–Trinajstić information content (AvgIpc) is 2.26. The molecule has 0 saturated heterocycles. The van der Waals surface area contributed by atoms with E-state index in [1.165, 1.54) is 0 Å². The van der Waals surface area contributed by atoms with Gasteiger partial charge >= 0.3 is 0 Å². The Morgan fingerprint density at radius 3 is 1.70 bits per heavy atom. The first-order chi connectivity index (χ1) is 8.96. The zero-order chi connectivity index (χ0) is 16.3. The predicted molar refractivity (Wildman–Crippen MR) is 90.7 cm³/mol. The van der Waals surface area contributed by atoms with Crippen LogP contribution in [0.25, 0.3) is 0 Å². The molecule has 0 heterocycles. The van der Waals surface area contributed by atoms with Crippen molar-refractivity contribution in [3.8, 4) is 0 Å². The number of carbonyl (C=O) groups excluding carboxylic acids is 1. The van der Waals surface area contributed by atoms with E-state index >= 15 is 0 Å². The summed E-state index contributed by atoms with van der Waals surface area (Å²) in [7, 11) is -2.23. The molecule has 0 aliphatic carbocycles. The lowest BCUT2D eigenvalue weighted by Crippen LogP contribution is -2.55. The summed E-state index contributed by atoms with van der Waals surface area (Å²) in [6, 6.07) is 0. The molecule has 118 valence electrons. The molecular formula is C17H34O2Si. The van der Waals surface area contributed by atoms with Crippen LogP contribution in [-0.2, 0) is 4.79 Å². The van der Waals surface area contributed by atoms with Gasteiger partial charge in [-0.2, -0.15) is 0 Å². The van der Waals surface area contributed by atoms with Gasteiger partial charge in [-0.1, -0.05) is 61.5 Å². The molecule has 0 aromatic heterocycles. The smallest absolute Gasteiger partial charge is 0.146 e. The minimum atomic E-state index is -2.23. The van der Waals surface area contributed by atoms with E-state index in [0.717, 1.165) is 6.42 Å². The summed E-state index contributed by atoms with van der Waals surface area (Å²) in [6.07, 6.45) is 1.44. The molecule has 0 aromatic rings. The topological polar surface area (TPSA) is 37.3 Å². The van der Waals surface area contributed by atoms with Crippen molar-refractivity contribution >= 4 is 13.5 Å². The molecule has 1 atom stereocenters. The summed E-state index contributed by atoms with van der Waals surface area (Å²) in [4.78, 5) is 13.2. The van der Waals surface area contributed by atoms with E-state index < -0.39 is 13.7 Å². The molecule has 1 N–H and O–H groups in total. The van der Waals surface area contributed by atoms with Gasteiger partial charge in [-0.3, -0.25) is 0 Å². The minimum Gasteiger partial charge on any atom is -0.385 e. The lowest BCUT2D eigenvalue weighted by molar-refractivity contribution is -0.111. The van der Waals surface area contributed by atoms with Gasteiger partial charge in [0.2, 0.25) is 0 Å². The van der Waals surface area contributed by atoms with E-state index in [0.29, 0.717) is 28.6 Å². The summed E-state index contributed by atoms with van der Waals surface area (Å²) in [5.41, 5.74) is 0.419. The highest BCUT2D eigenvalue weighted by Gasteiger charge is 2.51. The van der Waals surface area contributed by atoms with Crippen LogP contribution in [0.3, 0.4) is 0 Å². The predicted octanol–water partition coefficient (Wildman–Crippen LogP) is 4.88. The summed E-state index contributed by atoms with van der Waals surface area (Å²) < 4.78 is 0. The van der Waals surface area contributed by atoms with Gasteiger partial charge in [-0.15, -0.1) is 0 Å². The van der Waals surface area contributed by atoms with Crippen LogP contribution in [0.2, 0.25) is 16.6 Å². The number of carbonyl (C=O) groups is 1. The maximum atomic E-state index is 13.2. The highest BCUT2D eigenvalue weighted by molar-refractivity contribution is 7.10. The van der Waals surface area contributed by atoms with Crippen LogP contribution in [0.5, 0.6) is 0 Å². The van der Waals surface area contributed by atoms with E-state index in [9.17, 15) is 9.90 Å². The average molecular weight is 299 g/mol. The molecule has 0 aliphatic heterocycles. The number of hydrogen-bond acceptors (Lipinski definition) is 2. The fourth-order valence-electron chi connectivity index (χ4n) is 3.93. The minimum absolute atomic E-state index is 0.177. The maximum absolute atomic E-state index is 13.2. The van der Waals surface area contributed by atoms with Crippen molar-refractivity contribution in [3.05, 3.63) is 12.2 Å². The van der Waals surface area contributed by atoms with Crippen LogP contribution in [0, 0.1) is 0 Å². The Kier molecular flexibility index (Phi) is 6.89. The zero-order valence-electron chi connectivity index (χ0n) is 14.7. The Balaban J connectivity index is 5.75. The van der Waals surface area contributed by atoms with E-state index in [1.54, 1.807) is 6.92 Å². The van der Waals surface area contributed by atoms with E-state index in [1.807, 2.05) is 6.92 Å². The molecular weight excluding hydrogens is 264 g/mol. The van der Waals surface area contributed by atoms with Crippen LogP contribution in [-0.4, -0.2) is 24.2 Å². The third-order valence-corrected chi connectivity index (χ3v) is 11.7. The van der Waals surface area contributed by atoms with Gasteiger partial charge in [0.05, 0.1) is 5.60 Å². The standard InChI is InChI=1S/C17H34O2Si/c1-10-11-17(9,19)15(8)16(18)20(12(2)3,13(4)5)14(6)7/h12-14,19H,8,10-11H2,1-7,9H3. The molecule has 0 radical (unpaired) electrons. The number of aliphatic hydroxyl groups is 1. The van der Waals surface area contributed by atoms with Crippen molar-refractivity contribution < 1.29 is 9.90 Å². The lowest BCUT2D eigenvalue weighted by atomic mass is 9.93. The van der Waals surface area contributed by atoms with E-state index in [-0.39, 0.29) is 5.41 Å². The quantitative estimate of drug-likeness (QED) is 0.512. The second-order valence-corrected chi connectivity index (χ2v) is 13.0. The Morgan fingerprint density at radius 2 is 1.45 bits per heavy atom. The normalized spacial score (nSPS) is 15.8.